The number of para-hydroxylation sites is 1. The van der Waals surface area contributed by atoms with Crippen molar-refractivity contribution < 1.29 is 9.53 Å². The van der Waals surface area contributed by atoms with Gasteiger partial charge in [0.25, 0.3) is 0 Å². The van der Waals surface area contributed by atoms with Crippen LogP contribution in [0, 0.1) is 5.92 Å². The Labute approximate surface area is 114 Å². The molecule has 0 saturated heterocycles. The molecule has 4 heteroatoms. The maximum atomic E-state index is 12.2. The molecule has 104 valence electrons. The smallest absolute Gasteiger partial charge is 0.223 e. The maximum absolute atomic E-state index is 12.2. The van der Waals surface area contributed by atoms with Gasteiger partial charge in [0.15, 0.2) is 0 Å². The molecule has 1 aliphatic rings. The second kappa shape index (κ2) is 6.06. The Kier molecular flexibility index (Phi) is 4.43. The van der Waals surface area contributed by atoms with Crippen molar-refractivity contribution >= 4 is 5.91 Å². The number of hydrogen-bond donors (Lipinski definition) is 2. The number of benzene rings is 1. The van der Waals surface area contributed by atoms with E-state index < -0.39 is 0 Å². The molecule has 0 bridgehead atoms. The lowest BCUT2D eigenvalue weighted by atomic mass is 10.0. The molecule has 0 spiro atoms. The molecule has 1 fully saturated rings. The van der Waals surface area contributed by atoms with Crippen molar-refractivity contribution in [3.8, 4) is 5.75 Å². The summed E-state index contributed by atoms with van der Waals surface area (Å²) in [4.78, 5) is 12.2. The maximum Gasteiger partial charge on any atom is 0.223 e. The van der Waals surface area contributed by atoms with Crippen molar-refractivity contribution in [3.05, 3.63) is 29.8 Å². The molecule has 1 aromatic rings. The van der Waals surface area contributed by atoms with Crippen LogP contribution >= 0.6 is 0 Å². The van der Waals surface area contributed by atoms with Crippen LogP contribution in [-0.4, -0.2) is 19.1 Å². The highest BCUT2D eigenvalue weighted by atomic mass is 16.5. The van der Waals surface area contributed by atoms with E-state index in [2.05, 4.69) is 5.32 Å². The summed E-state index contributed by atoms with van der Waals surface area (Å²) in [5.41, 5.74) is 6.85. The molecule has 3 atom stereocenters. The predicted molar refractivity (Wildman–Crippen MR) is 74.9 cm³/mol. The Balaban J connectivity index is 2.00. The van der Waals surface area contributed by atoms with Gasteiger partial charge in [-0.2, -0.15) is 0 Å². The van der Waals surface area contributed by atoms with Crippen LogP contribution in [0.25, 0.3) is 0 Å². The Morgan fingerprint density at radius 1 is 1.42 bits per heavy atom. The third-order valence-corrected chi connectivity index (χ3v) is 3.81. The lowest BCUT2D eigenvalue weighted by Crippen LogP contribution is -2.32. The Morgan fingerprint density at radius 2 is 2.16 bits per heavy atom. The van der Waals surface area contributed by atoms with Crippen molar-refractivity contribution in [1.82, 2.24) is 5.32 Å². The molecule has 1 aromatic carbocycles. The standard InChI is InChI=1S/C15H22N2O2/c1-10(13-5-3-4-6-14(13)19-2)17-15(18)11-7-8-12(16)9-11/h3-6,10-12H,7-9,16H2,1-2H3,(H,17,18). The Bertz CT molecular complexity index is 448. The summed E-state index contributed by atoms with van der Waals surface area (Å²) in [6.45, 7) is 1.98. The third-order valence-electron chi connectivity index (χ3n) is 3.81. The number of rotatable bonds is 4. The molecule has 0 aromatic heterocycles. The zero-order valence-corrected chi connectivity index (χ0v) is 11.6. The van der Waals surface area contributed by atoms with Gasteiger partial charge in [0.2, 0.25) is 5.91 Å². The largest absolute Gasteiger partial charge is 0.496 e. The number of methoxy groups -OCH3 is 1. The van der Waals surface area contributed by atoms with E-state index in [1.807, 2.05) is 31.2 Å². The summed E-state index contributed by atoms with van der Waals surface area (Å²) in [5.74, 6) is 0.969. The zero-order chi connectivity index (χ0) is 13.8. The number of ether oxygens (including phenoxy) is 1. The van der Waals surface area contributed by atoms with Gasteiger partial charge in [-0.25, -0.2) is 0 Å². The van der Waals surface area contributed by atoms with Crippen LogP contribution in [-0.2, 0) is 4.79 Å². The van der Waals surface area contributed by atoms with E-state index in [1.54, 1.807) is 7.11 Å². The van der Waals surface area contributed by atoms with Gasteiger partial charge in [0.05, 0.1) is 13.2 Å². The Hall–Kier alpha value is -1.55. The summed E-state index contributed by atoms with van der Waals surface area (Å²) in [5, 5.41) is 3.06. The average Bonchev–Trinajstić information content (AvgIpc) is 2.85. The second-order valence-electron chi connectivity index (χ2n) is 5.24. The third kappa shape index (κ3) is 3.26. The molecule has 1 aliphatic carbocycles. The highest BCUT2D eigenvalue weighted by Crippen LogP contribution is 2.27. The summed E-state index contributed by atoms with van der Waals surface area (Å²) in [7, 11) is 1.64. The van der Waals surface area contributed by atoms with Crippen molar-refractivity contribution in [1.29, 1.82) is 0 Å². The van der Waals surface area contributed by atoms with Crippen LogP contribution in [0.4, 0.5) is 0 Å². The summed E-state index contributed by atoms with van der Waals surface area (Å²) < 4.78 is 5.32. The van der Waals surface area contributed by atoms with Gasteiger partial charge in [-0.15, -0.1) is 0 Å². The molecule has 0 heterocycles. The first-order chi connectivity index (χ1) is 9.11. The van der Waals surface area contributed by atoms with Gasteiger partial charge >= 0.3 is 0 Å². The predicted octanol–water partition coefficient (Wildman–Crippen LogP) is 2.00. The molecule has 3 N–H and O–H groups in total. The van der Waals surface area contributed by atoms with E-state index in [4.69, 9.17) is 10.5 Å². The minimum absolute atomic E-state index is 0.0551. The number of carbonyl (C=O) groups is 1. The van der Waals surface area contributed by atoms with Crippen molar-refractivity contribution in [2.75, 3.05) is 7.11 Å². The molecule has 0 radical (unpaired) electrons. The monoisotopic (exact) mass is 262 g/mol. The highest BCUT2D eigenvalue weighted by Gasteiger charge is 2.28. The number of nitrogens with two attached hydrogens (primary N) is 1. The van der Waals surface area contributed by atoms with Gasteiger partial charge in [0, 0.05) is 17.5 Å². The van der Waals surface area contributed by atoms with Gasteiger partial charge in [-0.1, -0.05) is 18.2 Å². The molecule has 19 heavy (non-hydrogen) atoms. The number of amides is 1. The lowest BCUT2D eigenvalue weighted by molar-refractivity contribution is -0.125. The fourth-order valence-corrected chi connectivity index (χ4v) is 2.69. The van der Waals surface area contributed by atoms with Crippen LogP contribution in [0.5, 0.6) is 5.75 Å². The van der Waals surface area contributed by atoms with Gasteiger partial charge in [-0.05, 0) is 32.3 Å². The van der Waals surface area contributed by atoms with E-state index >= 15 is 0 Å². The van der Waals surface area contributed by atoms with E-state index in [0.29, 0.717) is 0 Å². The normalized spacial score (nSPS) is 23.9. The fraction of sp³-hybridized carbons (Fsp3) is 0.533. The summed E-state index contributed by atoms with van der Waals surface area (Å²) in [6.07, 6.45) is 2.64. The molecule has 3 unspecified atom stereocenters. The van der Waals surface area contributed by atoms with Crippen LogP contribution < -0.4 is 15.8 Å². The summed E-state index contributed by atoms with van der Waals surface area (Å²) in [6, 6.07) is 7.88. The van der Waals surface area contributed by atoms with E-state index in [1.165, 1.54) is 0 Å². The van der Waals surface area contributed by atoms with Crippen LogP contribution in [0.2, 0.25) is 0 Å². The first-order valence-electron chi connectivity index (χ1n) is 6.80. The number of hydrogen-bond acceptors (Lipinski definition) is 3. The topological polar surface area (TPSA) is 64.3 Å². The first-order valence-corrected chi connectivity index (χ1v) is 6.80. The Morgan fingerprint density at radius 3 is 2.79 bits per heavy atom. The molecule has 2 rings (SSSR count). The number of nitrogens with one attached hydrogen (secondary N) is 1. The summed E-state index contributed by atoms with van der Waals surface area (Å²) >= 11 is 0. The van der Waals surface area contributed by atoms with Crippen LogP contribution in [0.1, 0.15) is 37.8 Å². The molecule has 1 saturated carbocycles. The molecular formula is C15H22N2O2. The molecule has 1 amide bonds. The van der Waals surface area contributed by atoms with E-state index in [-0.39, 0.29) is 23.9 Å². The van der Waals surface area contributed by atoms with E-state index in [9.17, 15) is 4.79 Å². The SMILES string of the molecule is COc1ccccc1C(C)NC(=O)C1CCC(N)C1. The van der Waals surface area contributed by atoms with Crippen LogP contribution in [0.15, 0.2) is 24.3 Å². The lowest BCUT2D eigenvalue weighted by Gasteiger charge is -2.19. The van der Waals surface area contributed by atoms with E-state index in [0.717, 1.165) is 30.6 Å². The van der Waals surface area contributed by atoms with Gasteiger partial charge < -0.3 is 15.8 Å². The molecule has 4 nitrogen and oxygen atoms in total. The second-order valence-corrected chi connectivity index (χ2v) is 5.24. The van der Waals surface area contributed by atoms with Crippen molar-refractivity contribution in [3.63, 3.8) is 0 Å². The minimum atomic E-state index is -0.0551. The molecular weight excluding hydrogens is 240 g/mol. The molecule has 0 aliphatic heterocycles. The van der Waals surface area contributed by atoms with Gasteiger partial charge in [-0.3, -0.25) is 4.79 Å². The highest BCUT2D eigenvalue weighted by molar-refractivity contribution is 5.79. The quantitative estimate of drug-likeness (QED) is 0.872. The van der Waals surface area contributed by atoms with Crippen LogP contribution in [0.3, 0.4) is 0 Å². The van der Waals surface area contributed by atoms with Crippen molar-refractivity contribution in [2.45, 2.75) is 38.3 Å². The first kappa shape index (κ1) is 13.9. The fourth-order valence-electron chi connectivity index (χ4n) is 2.69. The minimum Gasteiger partial charge on any atom is -0.496 e. The average molecular weight is 262 g/mol. The number of carbonyl (C=O) groups excluding carboxylic acids is 1. The van der Waals surface area contributed by atoms with Gasteiger partial charge in [0.1, 0.15) is 5.75 Å². The zero-order valence-electron chi connectivity index (χ0n) is 11.6. The van der Waals surface area contributed by atoms with Crippen molar-refractivity contribution in [2.24, 2.45) is 11.7 Å².